The number of anilines is 2. The van der Waals surface area contributed by atoms with Gasteiger partial charge < -0.3 is 15.5 Å². The van der Waals surface area contributed by atoms with Crippen LogP contribution in [0.3, 0.4) is 0 Å². The quantitative estimate of drug-likeness (QED) is 0.576. The number of rotatable bonds is 7. The lowest BCUT2D eigenvalue weighted by atomic mass is 10.1. The van der Waals surface area contributed by atoms with Gasteiger partial charge in [0.25, 0.3) is 17.5 Å². The molecule has 0 heterocycles. The summed E-state index contributed by atoms with van der Waals surface area (Å²) in [7, 11) is 3.67. The molecule has 0 aliphatic carbocycles. The van der Waals surface area contributed by atoms with Gasteiger partial charge in [-0.25, -0.2) is 0 Å². The molecule has 0 saturated heterocycles. The van der Waals surface area contributed by atoms with Crippen LogP contribution in [0.4, 0.5) is 17.1 Å². The Bertz CT molecular complexity index is 847. The number of nitrogens with zero attached hydrogens (tertiary/aromatic N) is 2. The largest absolute Gasteiger partial charge is 0.377 e. The van der Waals surface area contributed by atoms with Crippen LogP contribution in [-0.2, 0) is 0 Å². The summed E-state index contributed by atoms with van der Waals surface area (Å²) in [5.41, 5.74) is 1.85. The third-order valence-corrected chi connectivity index (χ3v) is 3.86. The van der Waals surface area contributed by atoms with Crippen LogP contribution in [-0.4, -0.2) is 37.4 Å². The second kappa shape index (κ2) is 8.79. The predicted molar refractivity (Wildman–Crippen MR) is 104 cm³/mol. The minimum Gasteiger partial charge on any atom is -0.377 e. The van der Waals surface area contributed by atoms with Gasteiger partial charge >= 0.3 is 0 Å². The van der Waals surface area contributed by atoms with E-state index in [4.69, 9.17) is 0 Å². The Hall–Kier alpha value is -3.42. The number of benzene rings is 2. The van der Waals surface area contributed by atoms with Crippen LogP contribution in [0.1, 0.15) is 34.1 Å². The first-order valence-corrected chi connectivity index (χ1v) is 8.49. The zero-order chi connectivity index (χ0) is 20.0. The van der Waals surface area contributed by atoms with Crippen LogP contribution >= 0.6 is 0 Å². The number of nitro benzene ring substituents is 1. The topological polar surface area (TPSA) is 105 Å². The molecule has 8 nitrogen and oxygen atoms in total. The van der Waals surface area contributed by atoms with Crippen LogP contribution in [0.15, 0.2) is 42.5 Å². The van der Waals surface area contributed by atoms with Crippen molar-refractivity contribution in [1.29, 1.82) is 0 Å². The van der Waals surface area contributed by atoms with Crippen LogP contribution in [0.2, 0.25) is 0 Å². The number of carbonyl (C=O) groups excluding carboxylic acids is 2. The zero-order valence-corrected chi connectivity index (χ0v) is 15.5. The molecule has 0 aromatic heterocycles. The molecule has 27 heavy (non-hydrogen) atoms. The van der Waals surface area contributed by atoms with Gasteiger partial charge in [-0.05, 0) is 36.8 Å². The van der Waals surface area contributed by atoms with Crippen LogP contribution in [0.25, 0.3) is 0 Å². The molecule has 0 aliphatic rings. The SMILES string of the molecule is CCCNC(=O)c1cc(NC(=O)c2ccc([N+](=O)[O-])cc2)ccc1N(C)C. The van der Waals surface area contributed by atoms with Crippen molar-refractivity contribution in [2.45, 2.75) is 13.3 Å². The standard InChI is InChI=1S/C19H22N4O4/c1-4-11-20-19(25)16-12-14(7-10-17(16)22(2)3)21-18(24)13-5-8-15(9-6-13)23(26)27/h5-10,12H,4,11H2,1-3H3,(H,20,25)(H,21,24). The third kappa shape index (κ3) is 5.04. The Morgan fingerprint density at radius 3 is 2.30 bits per heavy atom. The molecule has 2 N–H and O–H groups in total. The molecule has 0 spiro atoms. The molecule has 142 valence electrons. The van der Waals surface area contributed by atoms with E-state index in [9.17, 15) is 19.7 Å². The van der Waals surface area contributed by atoms with Crippen molar-refractivity contribution < 1.29 is 14.5 Å². The number of amides is 2. The Labute approximate surface area is 157 Å². The molecule has 0 fully saturated rings. The van der Waals surface area contributed by atoms with Gasteiger partial charge in [0.1, 0.15) is 0 Å². The molecule has 2 aromatic carbocycles. The van der Waals surface area contributed by atoms with Crippen LogP contribution in [0.5, 0.6) is 0 Å². The third-order valence-electron chi connectivity index (χ3n) is 3.86. The summed E-state index contributed by atoms with van der Waals surface area (Å²) in [6, 6.07) is 10.4. The minimum absolute atomic E-state index is 0.0863. The minimum atomic E-state index is -0.525. The van der Waals surface area contributed by atoms with Gasteiger partial charge in [0.2, 0.25) is 0 Å². The normalized spacial score (nSPS) is 10.2. The molecular formula is C19H22N4O4. The summed E-state index contributed by atoms with van der Waals surface area (Å²) in [6.45, 7) is 2.53. The lowest BCUT2D eigenvalue weighted by Gasteiger charge is -2.18. The highest BCUT2D eigenvalue weighted by Crippen LogP contribution is 2.23. The van der Waals surface area contributed by atoms with Crippen LogP contribution in [0, 0.1) is 10.1 Å². The van der Waals surface area contributed by atoms with E-state index in [2.05, 4.69) is 10.6 Å². The Morgan fingerprint density at radius 2 is 1.74 bits per heavy atom. The van der Waals surface area contributed by atoms with E-state index in [0.29, 0.717) is 17.8 Å². The fourth-order valence-electron chi connectivity index (χ4n) is 2.46. The molecule has 0 saturated carbocycles. The molecule has 2 rings (SSSR count). The number of carbonyl (C=O) groups is 2. The maximum Gasteiger partial charge on any atom is 0.269 e. The lowest BCUT2D eigenvalue weighted by molar-refractivity contribution is -0.384. The fourth-order valence-corrected chi connectivity index (χ4v) is 2.46. The summed E-state index contributed by atoms with van der Waals surface area (Å²) < 4.78 is 0. The van der Waals surface area contributed by atoms with E-state index < -0.39 is 10.8 Å². The Morgan fingerprint density at radius 1 is 1.07 bits per heavy atom. The number of nitrogens with one attached hydrogen (secondary N) is 2. The van der Waals surface area contributed by atoms with Gasteiger partial charge in [0.15, 0.2) is 0 Å². The second-order valence-corrected chi connectivity index (χ2v) is 6.14. The molecule has 0 bridgehead atoms. The van der Waals surface area contributed by atoms with E-state index in [1.165, 1.54) is 24.3 Å². The average Bonchev–Trinajstić information content (AvgIpc) is 2.65. The first-order chi connectivity index (χ1) is 12.8. The van der Waals surface area contributed by atoms with E-state index in [1.54, 1.807) is 18.2 Å². The van der Waals surface area contributed by atoms with Crippen molar-refractivity contribution in [2.75, 3.05) is 30.9 Å². The molecule has 0 atom stereocenters. The van der Waals surface area contributed by atoms with Crippen LogP contribution < -0.4 is 15.5 Å². The molecule has 0 unspecified atom stereocenters. The Balaban J connectivity index is 2.23. The van der Waals surface area contributed by atoms with E-state index in [1.807, 2.05) is 25.9 Å². The van der Waals surface area contributed by atoms with Crippen molar-refractivity contribution >= 4 is 28.9 Å². The zero-order valence-electron chi connectivity index (χ0n) is 15.5. The summed E-state index contributed by atoms with van der Waals surface area (Å²) in [4.78, 5) is 36.8. The summed E-state index contributed by atoms with van der Waals surface area (Å²) in [5.74, 6) is -0.630. The number of non-ortho nitro benzene ring substituents is 1. The van der Waals surface area contributed by atoms with Crippen molar-refractivity contribution in [3.8, 4) is 0 Å². The smallest absolute Gasteiger partial charge is 0.269 e. The summed E-state index contributed by atoms with van der Waals surface area (Å²) in [5, 5.41) is 16.2. The van der Waals surface area contributed by atoms with Gasteiger partial charge in [0.05, 0.1) is 10.5 Å². The number of hydrogen-bond donors (Lipinski definition) is 2. The van der Waals surface area contributed by atoms with Gasteiger partial charge in [-0.2, -0.15) is 0 Å². The van der Waals surface area contributed by atoms with Crippen molar-refractivity contribution in [3.05, 3.63) is 63.7 Å². The first kappa shape index (κ1) is 19.9. The monoisotopic (exact) mass is 370 g/mol. The van der Waals surface area contributed by atoms with E-state index >= 15 is 0 Å². The van der Waals surface area contributed by atoms with Gasteiger partial charge in [0, 0.05) is 49.7 Å². The summed E-state index contributed by atoms with van der Waals surface area (Å²) in [6.07, 6.45) is 0.819. The number of nitro groups is 1. The molecule has 0 aliphatic heterocycles. The van der Waals surface area contributed by atoms with E-state index in [-0.39, 0.29) is 17.2 Å². The van der Waals surface area contributed by atoms with Gasteiger partial charge in [-0.1, -0.05) is 6.92 Å². The highest BCUT2D eigenvalue weighted by molar-refractivity contribution is 6.06. The highest BCUT2D eigenvalue weighted by Gasteiger charge is 2.15. The molecule has 8 heteroatoms. The molecular weight excluding hydrogens is 348 g/mol. The fraction of sp³-hybridized carbons (Fsp3) is 0.263. The van der Waals surface area contributed by atoms with Gasteiger partial charge in [-0.3, -0.25) is 19.7 Å². The average molecular weight is 370 g/mol. The van der Waals surface area contributed by atoms with Crippen molar-refractivity contribution in [2.24, 2.45) is 0 Å². The second-order valence-electron chi connectivity index (χ2n) is 6.14. The van der Waals surface area contributed by atoms with Gasteiger partial charge in [-0.15, -0.1) is 0 Å². The van der Waals surface area contributed by atoms with Crippen molar-refractivity contribution in [3.63, 3.8) is 0 Å². The molecule has 2 amide bonds. The Kier molecular flexibility index (Phi) is 6.48. The van der Waals surface area contributed by atoms with E-state index in [0.717, 1.165) is 12.1 Å². The lowest BCUT2D eigenvalue weighted by Crippen LogP contribution is -2.26. The molecule has 2 aromatic rings. The predicted octanol–water partition coefficient (Wildman–Crippen LogP) is 3.05. The molecule has 0 radical (unpaired) electrons. The number of hydrogen-bond acceptors (Lipinski definition) is 5. The maximum absolute atomic E-state index is 12.4. The summed E-state index contributed by atoms with van der Waals surface area (Å²) >= 11 is 0. The highest BCUT2D eigenvalue weighted by atomic mass is 16.6. The maximum atomic E-state index is 12.4. The first-order valence-electron chi connectivity index (χ1n) is 8.49. The van der Waals surface area contributed by atoms with Crippen molar-refractivity contribution in [1.82, 2.24) is 5.32 Å².